The number of carboxylic acid groups (broad SMARTS) is 1. The highest BCUT2D eigenvalue weighted by Gasteiger charge is 2.36. The van der Waals surface area contributed by atoms with Gasteiger partial charge in [0.05, 0.1) is 6.20 Å². The van der Waals surface area contributed by atoms with Gasteiger partial charge in [-0.05, 0) is 25.0 Å². The van der Waals surface area contributed by atoms with Gasteiger partial charge in [-0.15, -0.1) is 0 Å². The quantitative estimate of drug-likeness (QED) is 0.897. The van der Waals surface area contributed by atoms with Crippen molar-refractivity contribution in [3.8, 4) is 0 Å². The van der Waals surface area contributed by atoms with Crippen molar-refractivity contribution in [2.45, 2.75) is 25.8 Å². The van der Waals surface area contributed by atoms with E-state index in [9.17, 15) is 9.90 Å². The van der Waals surface area contributed by atoms with Crippen molar-refractivity contribution in [3.05, 3.63) is 53.9 Å². The summed E-state index contributed by atoms with van der Waals surface area (Å²) in [6.07, 6.45) is 3.84. The molecule has 18 heavy (non-hydrogen) atoms. The van der Waals surface area contributed by atoms with Crippen LogP contribution in [0, 0.1) is 6.92 Å². The van der Waals surface area contributed by atoms with Crippen LogP contribution >= 0.6 is 0 Å². The molecule has 0 aliphatic heterocycles. The minimum atomic E-state index is -1.06. The summed E-state index contributed by atoms with van der Waals surface area (Å²) in [5.41, 5.74) is 0.876. The normalized spacial score (nSPS) is 14.1. The summed E-state index contributed by atoms with van der Waals surface area (Å²) in [5, 5.41) is 13.6. The van der Waals surface area contributed by atoms with Gasteiger partial charge in [0.2, 0.25) is 0 Å². The zero-order valence-electron chi connectivity index (χ0n) is 10.5. The monoisotopic (exact) mass is 244 g/mol. The number of hydrogen-bond acceptors (Lipinski definition) is 2. The van der Waals surface area contributed by atoms with Gasteiger partial charge in [-0.2, -0.15) is 5.10 Å². The van der Waals surface area contributed by atoms with Crippen molar-refractivity contribution in [1.29, 1.82) is 0 Å². The highest BCUT2D eigenvalue weighted by Crippen LogP contribution is 2.22. The van der Waals surface area contributed by atoms with Gasteiger partial charge in [0.1, 0.15) is 0 Å². The summed E-state index contributed by atoms with van der Waals surface area (Å²) in [4.78, 5) is 11.6. The lowest BCUT2D eigenvalue weighted by Crippen LogP contribution is -2.41. The maximum absolute atomic E-state index is 11.6. The van der Waals surface area contributed by atoms with Crippen molar-refractivity contribution in [2.75, 3.05) is 0 Å². The second-order valence-electron chi connectivity index (χ2n) is 4.70. The predicted octanol–water partition coefficient (Wildman–Crippen LogP) is 2.23. The molecule has 1 atom stereocenters. The molecule has 0 spiro atoms. The molecule has 0 bridgehead atoms. The Morgan fingerprint density at radius 1 is 1.39 bits per heavy atom. The van der Waals surface area contributed by atoms with E-state index in [1.807, 2.05) is 37.3 Å². The molecule has 2 rings (SSSR count). The van der Waals surface area contributed by atoms with E-state index in [-0.39, 0.29) is 0 Å². The number of benzene rings is 1. The Morgan fingerprint density at radius 3 is 2.56 bits per heavy atom. The zero-order valence-corrected chi connectivity index (χ0v) is 10.5. The van der Waals surface area contributed by atoms with Crippen LogP contribution in [0.2, 0.25) is 0 Å². The van der Waals surface area contributed by atoms with Gasteiger partial charge in [0, 0.05) is 12.6 Å². The molecule has 4 nitrogen and oxygen atoms in total. The number of nitrogens with zero attached hydrogens (tertiary/aromatic N) is 2. The van der Waals surface area contributed by atoms with Crippen LogP contribution < -0.4 is 0 Å². The van der Waals surface area contributed by atoms with Crippen LogP contribution in [0.25, 0.3) is 0 Å². The first-order valence-electron chi connectivity index (χ1n) is 5.81. The van der Waals surface area contributed by atoms with E-state index in [0.717, 1.165) is 11.1 Å². The van der Waals surface area contributed by atoms with E-state index < -0.39 is 11.5 Å². The SMILES string of the molecule is Cc1cnn(C(C)(Cc2ccccc2)C(=O)O)c1. The molecule has 0 radical (unpaired) electrons. The van der Waals surface area contributed by atoms with E-state index in [4.69, 9.17) is 0 Å². The van der Waals surface area contributed by atoms with Crippen LogP contribution in [0.4, 0.5) is 0 Å². The number of aryl methyl sites for hydroxylation is 1. The van der Waals surface area contributed by atoms with Crippen molar-refractivity contribution >= 4 is 5.97 Å². The summed E-state index contributed by atoms with van der Waals surface area (Å²) >= 11 is 0. The summed E-state index contributed by atoms with van der Waals surface area (Å²) in [6.45, 7) is 3.59. The summed E-state index contributed by atoms with van der Waals surface area (Å²) in [5.74, 6) is -0.880. The van der Waals surface area contributed by atoms with Crippen LogP contribution in [-0.2, 0) is 16.8 Å². The number of aliphatic carboxylic acids is 1. The Bertz CT molecular complexity index is 548. The first kappa shape index (κ1) is 12.4. The van der Waals surface area contributed by atoms with Crippen molar-refractivity contribution in [2.24, 2.45) is 0 Å². The van der Waals surface area contributed by atoms with Gasteiger partial charge in [-0.25, -0.2) is 4.79 Å². The van der Waals surface area contributed by atoms with Crippen LogP contribution in [-0.4, -0.2) is 20.9 Å². The molecular formula is C14H16N2O2. The minimum absolute atomic E-state index is 0.407. The van der Waals surface area contributed by atoms with E-state index in [1.165, 1.54) is 4.68 Å². The molecule has 0 aliphatic carbocycles. The van der Waals surface area contributed by atoms with E-state index >= 15 is 0 Å². The molecule has 1 unspecified atom stereocenters. The fourth-order valence-electron chi connectivity index (χ4n) is 1.93. The average Bonchev–Trinajstić information content (AvgIpc) is 2.77. The Morgan fingerprint density at radius 2 is 2.06 bits per heavy atom. The second-order valence-corrected chi connectivity index (χ2v) is 4.70. The molecule has 0 aliphatic rings. The van der Waals surface area contributed by atoms with Crippen molar-refractivity contribution in [3.63, 3.8) is 0 Å². The number of carbonyl (C=O) groups is 1. The lowest BCUT2D eigenvalue weighted by atomic mass is 9.93. The highest BCUT2D eigenvalue weighted by atomic mass is 16.4. The third-order valence-corrected chi connectivity index (χ3v) is 3.07. The van der Waals surface area contributed by atoms with Gasteiger partial charge in [0.25, 0.3) is 0 Å². The number of hydrogen-bond donors (Lipinski definition) is 1. The third kappa shape index (κ3) is 2.27. The molecule has 4 heteroatoms. The molecule has 1 aromatic heterocycles. The summed E-state index contributed by atoms with van der Waals surface area (Å²) < 4.78 is 1.53. The molecule has 0 fully saturated rings. The number of carboxylic acids is 1. The summed E-state index contributed by atoms with van der Waals surface area (Å²) in [6, 6.07) is 9.59. The van der Waals surface area contributed by atoms with Crippen molar-refractivity contribution in [1.82, 2.24) is 9.78 Å². The third-order valence-electron chi connectivity index (χ3n) is 3.07. The van der Waals surface area contributed by atoms with Crippen molar-refractivity contribution < 1.29 is 9.90 Å². The summed E-state index contributed by atoms with van der Waals surface area (Å²) in [7, 11) is 0. The largest absolute Gasteiger partial charge is 0.479 e. The van der Waals surface area contributed by atoms with Crippen LogP contribution in [0.15, 0.2) is 42.7 Å². The van der Waals surface area contributed by atoms with Crippen LogP contribution in [0.5, 0.6) is 0 Å². The molecule has 1 aromatic carbocycles. The lowest BCUT2D eigenvalue weighted by molar-refractivity contribution is -0.147. The molecule has 2 aromatic rings. The first-order chi connectivity index (χ1) is 8.52. The van der Waals surface area contributed by atoms with Gasteiger partial charge in [-0.1, -0.05) is 30.3 Å². The molecule has 0 amide bonds. The maximum Gasteiger partial charge on any atom is 0.331 e. The predicted molar refractivity (Wildman–Crippen MR) is 68.4 cm³/mol. The maximum atomic E-state index is 11.6. The average molecular weight is 244 g/mol. The highest BCUT2D eigenvalue weighted by molar-refractivity contribution is 5.76. The molecule has 0 saturated carbocycles. The van der Waals surface area contributed by atoms with Gasteiger partial charge in [-0.3, -0.25) is 4.68 Å². The van der Waals surface area contributed by atoms with E-state index in [1.54, 1.807) is 19.3 Å². The Labute approximate surface area is 106 Å². The minimum Gasteiger partial charge on any atom is -0.479 e. The molecule has 1 heterocycles. The van der Waals surface area contributed by atoms with Crippen LogP contribution in [0.3, 0.4) is 0 Å². The Hall–Kier alpha value is -2.10. The Balaban J connectivity index is 2.36. The molecular weight excluding hydrogens is 228 g/mol. The fourth-order valence-corrected chi connectivity index (χ4v) is 1.93. The van der Waals surface area contributed by atoms with Gasteiger partial charge >= 0.3 is 5.97 Å². The molecule has 94 valence electrons. The van der Waals surface area contributed by atoms with E-state index in [0.29, 0.717) is 6.42 Å². The number of rotatable bonds is 4. The number of aromatic nitrogens is 2. The van der Waals surface area contributed by atoms with E-state index in [2.05, 4.69) is 5.10 Å². The Kier molecular flexibility index (Phi) is 3.19. The lowest BCUT2D eigenvalue weighted by Gasteiger charge is -2.25. The van der Waals surface area contributed by atoms with Crippen LogP contribution in [0.1, 0.15) is 18.1 Å². The second kappa shape index (κ2) is 4.64. The standard InChI is InChI=1S/C14H16N2O2/c1-11-9-15-16(10-11)14(2,13(17)18)8-12-6-4-3-5-7-12/h3-7,9-10H,8H2,1-2H3,(H,17,18). The fraction of sp³-hybridized carbons (Fsp3) is 0.286. The first-order valence-corrected chi connectivity index (χ1v) is 5.81. The molecule has 0 saturated heterocycles. The molecule has 1 N–H and O–H groups in total. The van der Waals surface area contributed by atoms with Gasteiger partial charge < -0.3 is 5.11 Å². The zero-order chi connectivity index (χ0) is 13.2. The van der Waals surface area contributed by atoms with Gasteiger partial charge in [0.15, 0.2) is 5.54 Å². The smallest absolute Gasteiger partial charge is 0.331 e. The topological polar surface area (TPSA) is 55.1 Å².